The van der Waals surface area contributed by atoms with Gasteiger partial charge in [-0.05, 0) is 19.2 Å². The van der Waals surface area contributed by atoms with Crippen LogP contribution in [0, 0.1) is 17.6 Å². The van der Waals surface area contributed by atoms with E-state index in [1.807, 2.05) is 0 Å². The fourth-order valence-corrected chi connectivity index (χ4v) is 5.70. The number of likely N-dealkylation sites (N-methyl/N-ethyl adjacent to an activating group) is 1. The van der Waals surface area contributed by atoms with E-state index in [4.69, 9.17) is 0 Å². The average molecular weight is 548 g/mol. The Labute approximate surface area is 226 Å². The van der Waals surface area contributed by atoms with Gasteiger partial charge >= 0.3 is 5.97 Å². The van der Waals surface area contributed by atoms with Crippen LogP contribution in [0.4, 0.5) is 14.5 Å². The second-order valence-electron chi connectivity index (χ2n) is 10.3. The number of aromatic nitrogens is 4. The molecule has 2 fully saturated rings. The average Bonchev–Trinajstić information content (AvgIpc) is 3.52. The predicted octanol–water partition coefficient (Wildman–Crippen LogP) is 3.17. The molecule has 2 saturated heterocycles. The molecule has 0 spiro atoms. The van der Waals surface area contributed by atoms with E-state index in [2.05, 4.69) is 37.5 Å². The fourth-order valence-electron chi connectivity index (χ4n) is 5.70. The third-order valence-electron chi connectivity index (χ3n) is 7.86. The fraction of sp³-hybridized carbons (Fsp3) is 0.286. The molecular weight excluding hydrogens is 520 g/mol. The number of benzene rings is 1. The number of H-pyrrole nitrogens is 1. The third kappa shape index (κ3) is 4.07. The molecule has 0 bridgehead atoms. The third-order valence-corrected chi connectivity index (χ3v) is 7.86. The van der Waals surface area contributed by atoms with Gasteiger partial charge in [-0.1, -0.05) is 0 Å². The molecule has 2 aliphatic rings. The Hall–Kier alpha value is -4.42. The summed E-state index contributed by atoms with van der Waals surface area (Å²) in [5, 5.41) is 16.0. The predicted molar refractivity (Wildman–Crippen MR) is 149 cm³/mol. The lowest BCUT2D eigenvalue weighted by Crippen LogP contribution is -2.52. The zero-order valence-corrected chi connectivity index (χ0v) is 22.0. The van der Waals surface area contributed by atoms with Gasteiger partial charge in [0.1, 0.15) is 16.9 Å². The molecule has 40 heavy (non-hydrogen) atoms. The van der Waals surface area contributed by atoms with Gasteiger partial charge in [-0.3, -0.25) is 4.79 Å². The Kier molecular flexibility index (Phi) is 6.23. The smallest absolute Gasteiger partial charge is 0.341 e. The molecule has 7 rings (SSSR count). The molecule has 4 N–H and O–H groups in total. The number of rotatable bonds is 3. The van der Waals surface area contributed by atoms with Crippen LogP contribution < -0.4 is 16.1 Å². The van der Waals surface area contributed by atoms with E-state index in [1.54, 1.807) is 20.2 Å². The first-order chi connectivity index (χ1) is 19.2. The summed E-state index contributed by atoms with van der Waals surface area (Å²) in [5.74, 6) is -2.34. The Bertz CT molecular complexity index is 1880. The molecule has 10 nitrogen and oxygen atoms in total. The Morgan fingerprint density at radius 1 is 1.10 bits per heavy atom. The molecule has 0 unspecified atom stereocenters. The lowest BCUT2D eigenvalue weighted by molar-refractivity contribution is 0.0695. The molecule has 0 aliphatic carbocycles. The van der Waals surface area contributed by atoms with E-state index >= 15 is 0 Å². The van der Waals surface area contributed by atoms with Crippen molar-refractivity contribution in [2.45, 2.75) is 6.04 Å². The summed E-state index contributed by atoms with van der Waals surface area (Å²) in [4.78, 5) is 38.1. The van der Waals surface area contributed by atoms with Gasteiger partial charge < -0.3 is 30.2 Å². The van der Waals surface area contributed by atoms with Crippen molar-refractivity contribution in [3.8, 4) is 11.1 Å². The summed E-state index contributed by atoms with van der Waals surface area (Å²) in [6, 6.07) is 5.09. The summed E-state index contributed by atoms with van der Waals surface area (Å²) in [6.45, 7) is 3.80. The van der Waals surface area contributed by atoms with Crippen LogP contribution in [-0.4, -0.2) is 75.3 Å². The van der Waals surface area contributed by atoms with Gasteiger partial charge in [-0.25, -0.2) is 23.5 Å². The van der Waals surface area contributed by atoms with Crippen molar-refractivity contribution < 1.29 is 18.7 Å². The number of aryl methyl sites for hydroxylation is 1. The Balaban J connectivity index is 0.000000307. The molecule has 1 aromatic carbocycles. The maximum Gasteiger partial charge on any atom is 0.341 e. The molecule has 2 atom stereocenters. The Morgan fingerprint density at radius 2 is 1.82 bits per heavy atom. The largest absolute Gasteiger partial charge is 0.477 e. The number of aromatic carboxylic acids is 1. The number of hydrogen-bond acceptors (Lipinski definition) is 7. The van der Waals surface area contributed by atoms with E-state index in [0.29, 0.717) is 39.0 Å². The monoisotopic (exact) mass is 547 g/mol. The van der Waals surface area contributed by atoms with Crippen molar-refractivity contribution in [3.05, 3.63) is 64.2 Å². The topological polar surface area (TPSA) is 128 Å². The Morgan fingerprint density at radius 3 is 2.48 bits per heavy atom. The molecule has 206 valence electrons. The highest BCUT2D eigenvalue weighted by Crippen LogP contribution is 2.35. The van der Waals surface area contributed by atoms with E-state index in [-0.39, 0.29) is 16.3 Å². The van der Waals surface area contributed by atoms with E-state index in [1.165, 1.54) is 48.9 Å². The number of halogens is 2. The molecule has 2 aliphatic heterocycles. The van der Waals surface area contributed by atoms with Crippen molar-refractivity contribution in [1.82, 2.24) is 29.7 Å². The molecule has 0 saturated carbocycles. The van der Waals surface area contributed by atoms with Crippen molar-refractivity contribution in [2.24, 2.45) is 13.0 Å². The van der Waals surface area contributed by atoms with Gasteiger partial charge in [0.15, 0.2) is 11.6 Å². The number of likely N-dealkylation sites (tertiary alicyclic amines) is 1. The molecule has 4 aromatic heterocycles. The number of pyridine rings is 3. The second kappa shape index (κ2) is 9.65. The number of carboxylic acid groups (broad SMARTS) is 1. The number of carboxylic acids is 1. The number of nitrogens with one attached hydrogen (secondary N) is 3. The minimum atomic E-state index is -1.34. The van der Waals surface area contributed by atoms with Crippen LogP contribution in [-0.2, 0) is 7.05 Å². The van der Waals surface area contributed by atoms with Crippen molar-refractivity contribution in [1.29, 1.82) is 0 Å². The summed E-state index contributed by atoms with van der Waals surface area (Å²) in [6.07, 6.45) is 4.24. The first-order valence-electron chi connectivity index (χ1n) is 12.8. The summed E-state index contributed by atoms with van der Waals surface area (Å²) < 4.78 is 30.3. The zero-order valence-electron chi connectivity index (χ0n) is 22.0. The zero-order chi connectivity index (χ0) is 28.3. The number of aromatic amines is 1. The maximum absolute atomic E-state index is 14.7. The van der Waals surface area contributed by atoms with E-state index in [0.717, 1.165) is 18.0 Å². The van der Waals surface area contributed by atoms with Crippen LogP contribution in [0.25, 0.3) is 44.1 Å². The molecule has 0 radical (unpaired) electrons. The molecule has 0 amide bonds. The lowest BCUT2D eigenvalue weighted by Gasteiger charge is -2.40. The lowest BCUT2D eigenvalue weighted by atomic mass is 9.93. The highest BCUT2D eigenvalue weighted by molar-refractivity contribution is 6.11. The molecular formula is C28H27F2N7O3. The quantitative estimate of drug-likeness (QED) is 0.271. The molecule has 6 heterocycles. The van der Waals surface area contributed by atoms with Gasteiger partial charge in [0.05, 0.1) is 16.6 Å². The molecule has 5 aromatic rings. The number of anilines is 1. The van der Waals surface area contributed by atoms with Gasteiger partial charge in [0, 0.05) is 92.2 Å². The summed E-state index contributed by atoms with van der Waals surface area (Å²) >= 11 is 0. The highest BCUT2D eigenvalue weighted by Gasteiger charge is 2.39. The maximum atomic E-state index is 14.7. The SMILES string of the molecule is CN1C[C@@H]2CNC[C@@H]21.CNc1cc(F)c(F)c2c1[nH]c1ncc(-c3cnc4c(c3)c(=O)c(C(=O)O)cn4C)cc12. The van der Waals surface area contributed by atoms with Gasteiger partial charge in [-0.15, -0.1) is 0 Å². The van der Waals surface area contributed by atoms with Crippen LogP contribution in [0.5, 0.6) is 0 Å². The van der Waals surface area contributed by atoms with Gasteiger partial charge in [-0.2, -0.15) is 0 Å². The normalized spacial score (nSPS) is 18.4. The minimum absolute atomic E-state index is 0.0523. The number of nitrogens with zero attached hydrogens (tertiary/aromatic N) is 4. The van der Waals surface area contributed by atoms with Crippen molar-refractivity contribution in [3.63, 3.8) is 0 Å². The second-order valence-corrected chi connectivity index (χ2v) is 10.3. The number of carbonyl (C=O) groups is 1. The van der Waals surface area contributed by atoms with Crippen LogP contribution in [0.15, 0.2) is 41.6 Å². The van der Waals surface area contributed by atoms with Gasteiger partial charge in [0.25, 0.3) is 0 Å². The van der Waals surface area contributed by atoms with Crippen molar-refractivity contribution >= 4 is 44.6 Å². The van der Waals surface area contributed by atoms with Crippen LogP contribution in [0.3, 0.4) is 0 Å². The van der Waals surface area contributed by atoms with E-state index in [9.17, 15) is 23.5 Å². The van der Waals surface area contributed by atoms with Crippen LogP contribution in [0.1, 0.15) is 10.4 Å². The van der Waals surface area contributed by atoms with Crippen LogP contribution in [0.2, 0.25) is 0 Å². The first kappa shape index (κ1) is 25.8. The minimum Gasteiger partial charge on any atom is -0.477 e. The number of fused-ring (bicyclic) bond motifs is 5. The van der Waals surface area contributed by atoms with E-state index < -0.39 is 23.0 Å². The molecule has 12 heteroatoms. The van der Waals surface area contributed by atoms with Crippen LogP contribution >= 0.6 is 0 Å². The highest BCUT2D eigenvalue weighted by atomic mass is 19.2. The first-order valence-corrected chi connectivity index (χ1v) is 12.8. The summed E-state index contributed by atoms with van der Waals surface area (Å²) in [7, 11) is 5.40. The summed E-state index contributed by atoms with van der Waals surface area (Å²) in [5.41, 5.74) is 1.39. The number of hydrogen-bond donors (Lipinski definition) is 4. The van der Waals surface area contributed by atoms with Crippen molar-refractivity contribution in [2.75, 3.05) is 39.0 Å². The standard InChI is InChI=1S/C22H15F2N5O3.C6H12N2/c1-25-15-5-14(23)17(24)16-11-3-9(6-26-20(11)28-18(15)16)10-4-12-19(30)13(22(31)32)8-29(2)21(12)27-7-10;1-8-4-5-2-7-3-6(5)8/h3-8,25H,1-2H3,(H,26,28)(H,31,32);5-7H,2-4H2,1H3/t;5-,6-/m.0/s1. The van der Waals surface area contributed by atoms with Gasteiger partial charge in [0.2, 0.25) is 5.43 Å².